The van der Waals surface area contributed by atoms with Crippen molar-refractivity contribution in [3.8, 4) is 28.3 Å². The normalized spacial score (nSPS) is 16.9. The fourth-order valence-electron chi connectivity index (χ4n) is 9.26. The first-order valence-corrected chi connectivity index (χ1v) is 21.6. The molecule has 1 saturated heterocycles. The first-order chi connectivity index (χ1) is 30.8. The molecule has 11 rings (SSSR count). The summed E-state index contributed by atoms with van der Waals surface area (Å²) < 4.78 is 45.8. The molecule has 3 aliphatic rings. The number of likely N-dealkylation sites (tertiary alicyclic amines) is 1. The lowest BCUT2D eigenvalue weighted by atomic mass is 9.86. The zero-order chi connectivity index (χ0) is 44.5. The van der Waals surface area contributed by atoms with Crippen LogP contribution in [0, 0.1) is 11.6 Å². The predicted octanol–water partition coefficient (Wildman–Crippen LogP) is 6.74. The lowest BCUT2D eigenvalue weighted by Gasteiger charge is -2.39. The highest BCUT2D eigenvalue weighted by atomic mass is 35.5. The molecular weight excluding hydrogens is 868 g/mol. The number of hydrogen-bond donors (Lipinski definition) is 2. The van der Waals surface area contributed by atoms with Crippen molar-refractivity contribution in [2.75, 3.05) is 25.4 Å². The summed E-state index contributed by atoms with van der Waals surface area (Å²) in [5, 5.41) is 21.2. The number of carbonyl (C=O) groups is 2. The van der Waals surface area contributed by atoms with E-state index in [0.717, 1.165) is 27.8 Å². The Morgan fingerprint density at radius 2 is 1.89 bits per heavy atom. The molecule has 0 radical (unpaired) electrons. The maximum absolute atomic E-state index is 16.4. The van der Waals surface area contributed by atoms with Crippen LogP contribution < -0.4 is 16.0 Å². The topological polar surface area (TPSA) is 193 Å². The van der Waals surface area contributed by atoms with Gasteiger partial charge in [-0.1, -0.05) is 48.6 Å². The van der Waals surface area contributed by atoms with E-state index in [4.69, 9.17) is 31.8 Å². The molecule has 8 aromatic rings. The second-order valence-corrected chi connectivity index (χ2v) is 17.5. The number of ether oxygens (including phenoxy) is 2. The van der Waals surface area contributed by atoms with Gasteiger partial charge in [0.2, 0.25) is 0 Å². The van der Waals surface area contributed by atoms with E-state index in [1.54, 1.807) is 39.3 Å². The van der Waals surface area contributed by atoms with E-state index < -0.39 is 23.2 Å². The zero-order valence-corrected chi connectivity index (χ0v) is 35.6. The Hall–Kier alpha value is -6.89. The molecule has 15 nitrogen and oxygen atoms in total. The van der Waals surface area contributed by atoms with Gasteiger partial charge in [-0.2, -0.15) is 0 Å². The number of rotatable bonds is 8. The van der Waals surface area contributed by atoms with Gasteiger partial charge in [-0.25, -0.2) is 28.2 Å². The van der Waals surface area contributed by atoms with Crippen LogP contribution in [-0.2, 0) is 39.5 Å². The molecule has 3 aromatic carbocycles. The molecule has 3 aliphatic heterocycles. The van der Waals surface area contributed by atoms with Gasteiger partial charge in [0.15, 0.2) is 16.5 Å². The highest BCUT2D eigenvalue weighted by molar-refractivity contribution is 7.22. The Morgan fingerprint density at radius 3 is 2.67 bits per heavy atom. The van der Waals surface area contributed by atoms with Crippen molar-refractivity contribution in [2.45, 2.75) is 51.5 Å². The van der Waals surface area contributed by atoms with Crippen molar-refractivity contribution in [2.24, 2.45) is 0 Å². The number of carbonyl (C=O) groups excluding carboxylic acids is 2. The molecule has 1 fully saturated rings. The molecule has 0 aliphatic carbocycles. The summed E-state index contributed by atoms with van der Waals surface area (Å²) in [7, 11) is 0. The number of benzene rings is 3. The Labute approximate surface area is 369 Å². The zero-order valence-electron chi connectivity index (χ0n) is 34.0. The van der Waals surface area contributed by atoms with Gasteiger partial charge < -0.3 is 29.8 Å². The highest BCUT2D eigenvalue weighted by Gasteiger charge is 2.45. The number of esters is 1. The van der Waals surface area contributed by atoms with Gasteiger partial charge in [0.25, 0.3) is 11.5 Å². The van der Waals surface area contributed by atoms with Crippen LogP contribution in [0.25, 0.3) is 65.6 Å². The Bertz CT molecular complexity index is 3490. The Morgan fingerprint density at radius 1 is 1.08 bits per heavy atom. The summed E-state index contributed by atoms with van der Waals surface area (Å²) in [5.74, 6) is -1.84. The number of halogens is 3. The lowest BCUT2D eigenvalue weighted by molar-refractivity contribution is -0.172. The lowest BCUT2D eigenvalue weighted by Crippen LogP contribution is -2.51. The number of fused-ring (bicyclic) bond motifs is 9. The second-order valence-electron chi connectivity index (χ2n) is 16.1. The van der Waals surface area contributed by atoms with Crippen LogP contribution in [0.2, 0.25) is 5.02 Å². The van der Waals surface area contributed by atoms with Crippen molar-refractivity contribution < 1.29 is 33.0 Å². The number of pyridine rings is 3. The molecule has 0 bridgehead atoms. The van der Waals surface area contributed by atoms with Crippen LogP contribution in [0.1, 0.15) is 48.6 Å². The van der Waals surface area contributed by atoms with Crippen molar-refractivity contribution in [3.05, 3.63) is 110 Å². The summed E-state index contributed by atoms with van der Waals surface area (Å²) in [6.07, 6.45) is 2.09. The second kappa shape index (κ2) is 14.3. The van der Waals surface area contributed by atoms with Crippen molar-refractivity contribution in [1.29, 1.82) is 0 Å². The van der Waals surface area contributed by atoms with E-state index in [0.29, 0.717) is 45.5 Å². The number of aliphatic hydroxyl groups is 1. The summed E-state index contributed by atoms with van der Waals surface area (Å²) in [6, 6.07) is 11.0. The third-order valence-corrected chi connectivity index (χ3v) is 13.8. The van der Waals surface area contributed by atoms with Crippen molar-refractivity contribution >= 4 is 83.0 Å². The number of nitrogens with zero attached hydrogens (tertiary/aromatic N) is 8. The number of aromatic nitrogens is 7. The van der Waals surface area contributed by atoms with Crippen LogP contribution in [0.4, 0.5) is 13.9 Å². The van der Waals surface area contributed by atoms with E-state index in [-0.39, 0.29) is 110 Å². The standard InChI is InChI=1S/C45H34ClF2N9O6S/c1-4-22-24-10-21(6-9-31(24)51-36-26(22)16-56-33(36)12-28-27(42(56)59)18-63-43(60)45(28,61)5-2)62-17-19(3)41(58)55-14-20(15-55)57-39-25-11-29(46)34(35(48)37(25)50-13-32(39)53-54-57)23-7-8-30(47)40-38(23)52-44(49)64-40/h6-13,20,61H,3-5,14-18H2,1-2H3,(H2,49,52)/t45-/m0/s1. The van der Waals surface area contributed by atoms with Gasteiger partial charge in [0, 0.05) is 51.7 Å². The molecule has 8 heterocycles. The van der Waals surface area contributed by atoms with E-state index >= 15 is 4.39 Å². The number of nitrogens with two attached hydrogens (primary N) is 1. The molecule has 64 heavy (non-hydrogen) atoms. The molecule has 0 saturated carbocycles. The summed E-state index contributed by atoms with van der Waals surface area (Å²) in [6.45, 7) is 8.21. The molecule has 5 aromatic heterocycles. The minimum atomic E-state index is -1.92. The van der Waals surface area contributed by atoms with E-state index in [9.17, 15) is 23.9 Å². The number of hydrogen-bond acceptors (Lipinski definition) is 13. The molecule has 322 valence electrons. The Kier molecular flexibility index (Phi) is 8.93. The highest BCUT2D eigenvalue weighted by Crippen LogP contribution is 2.44. The number of anilines is 1. The molecule has 1 atom stereocenters. The van der Waals surface area contributed by atoms with Crippen LogP contribution in [0.15, 0.2) is 65.6 Å². The fourth-order valence-corrected chi connectivity index (χ4v) is 10.3. The summed E-state index contributed by atoms with van der Waals surface area (Å²) in [4.78, 5) is 55.1. The smallest absolute Gasteiger partial charge is 0.343 e. The van der Waals surface area contributed by atoms with Gasteiger partial charge in [0.1, 0.15) is 41.3 Å². The summed E-state index contributed by atoms with van der Waals surface area (Å²) in [5.41, 5.74) is 9.39. The predicted molar refractivity (Wildman–Crippen MR) is 235 cm³/mol. The molecule has 3 N–H and O–H groups in total. The minimum absolute atomic E-state index is 0.00711. The van der Waals surface area contributed by atoms with Crippen molar-refractivity contribution in [3.63, 3.8) is 0 Å². The maximum Gasteiger partial charge on any atom is 0.343 e. The Balaban J connectivity index is 0.811. The maximum atomic E-state index is 16.4. The number of cyclic esters (lactones) is 1. The van der Waals surface area contributed by atoms with Gasteiger partial charge in [0.05, 0.1) is 56.5 Å². The van der Waals surface area contributed by atoms with Crippen LogP contribution in [0.5, 0.6) is 5.75 Å². The van der Waals surface area contributed by atoms with Crippen LogP contribution in [0.3, 0.4) is 0 Å². The third-order valence-electron chi connectivity index (χ3n) is 12.6. The third kappa shape index (κ3) is 5.71. The first kappa shape index (κ1) is 39.9. The SMILES string of the molecule is C=C(COc1ccc2nc3c(c(CC)c2c1)Cn1c-3cc2c(c1=O)COC(=O)[C@]2(O)CC)C(=O)N1CC(n2nnc3cnc4c(F)c(-c5ccc(F)c6sc(N)nc56)c(Cl)cc4c32)C1. The monoisotopic (exact) mass is 901 g/mol. The van der Waals surface area contributed by atoms with Gasteiger partial charge >= 0.3 is 5.97 Å². The average Bonchev–Trinajstić information content (AvgIpc) is 3.99. The van der Waals surface area contributed by atoms with Gasteiger partial charge in [-0.3, -0.25) is 14.6 Å². The molecule has 19 heteroatoms. The molecule has 0 unspecified atom stereocenters. The van der Waals surface area contributed by atoms with E-state index in [2.05, 4.69) is 26.9 Å². The van der Waals surface area contributed by atoms with E-state index in [1.807, 2.05) is 19.1 Å². The number of aryl methyl sites for hydroxylation is 1. The number of nitrogen functional groups attached to an aromatic ring is 1. The molecular formula is C45H34ClF2N9O6S. The van der Waals surface area contributed by atoms with E-state index in [1.165, 1.54) is 18.3 Å². The largest absolute Gasteiger partial charge is 0.489 e. The molecule has 0 spiro atoms. The van der Waals surface area contributed by atoms with Crippen molar-refractivity contribution in [1.82, 2.24) is 39.4 Å². The number of thiazole rings is 1. The minimum Gasteiger partial charge on any atom is -0.489 e. The first-order valence-electron chi connectivity index (χ1n) is 20.4. The number of amides is 1. The molecule has 1 amide bonds. The fraction of sp³-hybridized carbons (Fsp3) is 0.244. The van der Waals surface area contributed by atoms with Crippen LogP contribution >= 0.6 is 22.9 Å². The van der Waals surface area contributed by atoms with Gasteiger partial charge in [-0.15, -0.1) is 5.10 Å². The van der Waals surface area contributed by atoms with Crippen LogP contribution in [-0.4, -0.2) is 76.1 Å². The summed E-state index contributed by atoms with van der Waals surface area (Å²) >= 11 is 7.72. The average molecular weight is 902 g/mol. The quantitative estimate of drug-likeness (QED) is 0.121. The van der Waals surface area contributed by atoms with Gasteiger partial charge in [-0.05, 0) is 60.9 Å².